The van der Waals surface area contributed by atoms with Gasteiger partial charge in [0.1, 0.15) is 0 Å². The zero-order valence-electron chi connectivity index (χ0n) is 12.3. The minimum Gasteiger partial charge on any atom is -0.481 e. The Morgan fingerprint density at radius 1 is 1.43 bits per heavy atom. The van der Waals surface area contributed by atoms with E-state index in [1.807, 2.05) is 23.9 Å². The van der Waals surface area contributed by atoms with Crippen molar-refractivity contribution in [2.75, 3.05) is 5.75 Å². The van der Waals surface area contributed by atoms with E-state index in [2.05, 4.69) is 37.3 Å². The van der Waals surface area contributed by atoms with Crippen molar-refractivity contribution in [1.29, 1.82) is 0 Å². The third-order valence-corrected chi connectivity index (χ3v) is 4.78. The highest BCUT2D eigenvalue weighted by Crippen LogP contribution is 2.26. The van der Waals surface area contributed by atoms with E-state index in [9.17, 15) is 4.79 Å². The lowest BCUT2D eigenvalue weighted by Gasteiger charge is -2.27. The first-order chi connectivity index (χ1) is 10.1. The summed E-state index contributed by atoms with van der Waals surface area (Å²) in [5.74, 6) is 0.784. The molecule has 0 radical (unpaired) electrons. The second kappa shape index (κ2) is 8.25. The highest BCUT2D eigenvalue weighted by Gasteiger charge is 2.22. The van der Waals surface area contributed by atoms with E-state index in [-0.39, 0.29) is 18.6 Å². The van der Waals surface area contributed by atoms with Gasteiger partial charge in [0, 0.05) is 10.6 Å². The smallest absolute Gasteiger partial charge is 0.306 e. The standard InChI is InChI=1S/C17H22O3S/c1-13(12-21-16-8-3-2-4-9-16)10-14-6-5-7-15(20-14)11-17(18)19/h2-5,7-9,13-15H,6,10-12H2,1H3,(H,18,19)/t13-,14+,15-/m1/s1. The van der Waals surface area contributed by atoms with Crippen LogP contribution in [0.2, 0.25) is 0 Å². The molecule has 0 bridgehead atoms. The number of hydrogen-bond acceptors (Lipinski definition) is 3. The molecule has 0 saturated carbocycles. The summed E-state index contributed by atoms with van der Waals surface area (Å²) in [4.78, 5) is 12.0. The van der Waals surface area contributed by atoms with Crippen molar-refractivity contribution in [3.63, 3.8) is 0 Å². The van der Waals surface area contributed by atoms with Crippen molar-refractivity contribution in [2.45, 2.75) is 43.3 Å². The highest BCUT2D eigenvalue weighted by molar-refractivity contribution is 7.99. The average Bonchev–Trinajstić information content (AvgIpc) is 2.46. The topological polar surface area (TPSA) is 46.5 Å². The van der Waals surface area contributed by atoms with Crippen molar-refractivity contribution in [3.05, 3.63) is 42.5 Å². The summed E-state index contributed by atoms with van der Waals surface area (Å²) in [5, 5.41) is 8.83. The first-order valence-electron chi connectivity index (χ1n) is 7.35. The van der Waals surface area contributed by atoms with Crippen LogP contribution in [0, 0.1) is 5.92 Å². The Morgan fingerprint density at radius 2 is 2.19 bits per heavy atom. The summed E-state index contributed by atoms with van der Waals surface area (Å²) in [6.45, 7) is 2.23. The van der Waals surface area contributed by atoms with E-state index in [0.717, 1.165) is 18.6 Å². The van der Waals surface area contributed by atoms with Crippen LogP contribution in [0.25, 0.3) is 0 Å². The minimum atomic E-state index is -0.807. The molecule has 0 saturated heterocycles. The quantitative estimate of drug-likeness (QED) is 0.611. The van der Waals surface area contributed by atoms with Gasteiger partial charge in [0.15, 0.2) is 0 Å². The van der Waals surface area contributed by atoms with Crippen LogP contribution < -0.4 is 0 Å². The average molecular weight is 306 g/mol. The molecular weight excluding hydrogens is 284 g/mol. The van der Waals surface area contributed by atoms with Gasteiger partial charge in [-0.1, -0.05) is 37.3 Å². The van der Waals surface area contributed by atoms with Gasteiger partial charge in [-0.2, -0.15) is 0 Å². The molecule has 0 aromatic heterocycles. The third kappa shape index (κ3) is 5.94. The van der Waals surface area contributed by atoms with Crippen LogP contribution in [-0.4, -0.2) is 29.0 Å². The monoisotopic (exact) mass is 306 g/mol. The number of rotatable bonds is 7. The fourth-order valence-electron chi connectivity index (χ4n) is 2.44. The summed E-state index contributed by atoms with van der Waals surface area (Å²) >= 11 is 1.86. The van der Waals surface area contributed by atoms with Crippen LogP contribution in [0.4, 0.5) is 0 Å². The molecule has 0 unspecified atom stereocenters. The fraction of sp³-hybridized carbons (Fsp3) is 0.471. The van der Waals surface area contributed by atoms with E-state index in [1.54, 1.807) is 0 Å². The summed E-state index contributed by atoms with van der Waals surface area (Å²) in [6, 6.07) is 10.4. The molecule has 1 aliphatic rings. The lowest BCUT2D eigenvalue weighted by Crippen LogP contribution is -2.27. The maximum atomic E-state index is 10.7. The lowest BCUT2D eigenvalue weighted by molar-refractivity contribution is -0.140. The van der Waals surface area contributed by atoms with Gasteiger partial charge < -0.3 is 9.84 Å². The van der Waals surface area contributed by atoms with Crippen LogP contribution in [-0.2, 0) is 9.53 Å². The predicted molar refractivity (Wildman–Crippen MR) is 85.6 cm³/mol. The molecule has 114 valence electrons. The predicted octanol–water partition coefficient (Wildman–Crippen LogP) is 3.99. The van der Waals surface area contributed by atoms with Crippen molar-refractivity contribution in [1.82, 2.24) is 0 Å². The molecule has 4 heteroatoms. The fourth-order valence-corrected chi connectivity index (χ4v) is 3.40. The molecule has 0 spiro atoms. The van der Waals surface area contributed by atoms with Crippen LogP contribution in [0.3, 0.4) is 0 Å². The molecule has 0 aliphatic carbocycles. The first-order valence-corrected chi connectivity index (χ1v) is 8.34. The van der Waals surface area contributed by atoms with E-state index < -0.39 is 5.97 Å². The van der Waals surface area contributed by atoms with Gasteiger partial charge >= 0.3 is 5.97 Å². The van der Waals surface area contributed by atoms with E-state index >= 15 is 0 Å². The van der Waals surface area contributed by atoms with Crippen LogP contribution in [0.5, 0.6) is 0 Å². The molecule has 3 atom stereocenters. The van der Waals surface area contributed by atoms with Gasteiger partial charge in [-0.15, -0.1) is 11.8 Å². The molecule has 1 aromatic rings. The Labute approximate surface area is 130 Å². The number of carboxylic acids is 1. The van der Waals surface area contributed by atoms with E-state index in [1.165, 1.54) is 4.90 Å². The molecule has 1 aromatic carbocycles. The zero-order valence-corrected chi connectivity index (χ0v) is 13.1. The maximum absolute atomic E-state index is 10.7. The summed E-state index contributed by atoms with van der Waals surface area (Å²) < 4.78 is 5.84. The van der Waals surface area contributed by atoms with Gasteiger partial charge in [0.05, 0.1) is 18.6 Å². The zero-order chi connectivity index (χ0) is 15.1. The van der Waals surface area contributed by atoms with Crippen molar-refractivity contribution in [2.24, 2.45) is 5.92 Å². The highest BCUT2D eigenvalue weighted by atomic mass is 32.2. The summed E-state index contributed by atoms with van der Waals surface area (Å²) in [5.41, 5.74) is 0. The van der Waals surface area contributed by atoms with Crippen molar-refractivity contribution in [3.8, 4) is 0 Å². The number of benzene rings is 1. The Kier molecular flexibility index (Phi) is 6.33. The van der Waals surface area contributed by atoms with Crippen LogP contribution in [0.15, 0.2) is 47.4 Å². The second-order valence-corrected chi connectivity index (χ2v) is 6.62. The van der Waals surface area contributed by atoms with Gasteiger partial charge in [-0.3, -0.25) is 4.79 Å². The van der Waals surface area contributed by atoms with Gasteiger partial charge in [-0.25, -0.2) is 0 Å². The van der Waals surface area contributed by atoms with Gasteiger partial charge in [-0.05, 0) is 30.9 Å². The van der Waals surface area contributed by atoms with Crippen LogP contribution in [0.1, 0.15) is 26.2 Å². The largest absolute Gasteiger partial charge is 0.481 e. The summed E-state index contributed by atoms with van der Waals surface area (Å²) in [7, 11) is 0. The van der Waals surface area contributed by atoms with Crippen molar-refractivity contribution >= 4 is 17.7 Å². The normalized spacial score (nSPS) is 22.9. The van der Waals surface area contributed by atoms with Gasteiger partial charge in [0.25, 0.3) is 0 Å². The molecular formula is C17H22O3S. The van der Waals surface area contributed by atoms with E-state index in [4.69, 9.17) is 9.84 Å². The number of aliphatic carboxylic acids is 1. The molecule has 3 nitrogen and oxygen atoms in total. The molecule has 1 N–H and O–H groups in total. The third-order valence-electron chi connectivity index (χ3n) is 3.44. The molecule has 1 aliphatic heterocycles. The first kappa shape index (κ1) is 16.1. The number of carbonyl (C=O) groups is 1. The van der Waals surface area contributed by atoms with Crippen LogP contribution >= 0.6 is 11.8 Å². The Hall–Kier alpha value is -1.26. The number of hydrogen-bond donors (Lipinski definition) is 1. The lowest BCUT2D eigenvalue weighted by atomic mass is 10.0. The maximum Gasteiger partial charge on any atom is 0.306 e. The SMILES string of the molecule is C[C@@H](CSc1ccccc1)C[C@@H]1CC=C[C@H](CC(=O)O)O1. The molecule has 0 fully saturated rings. The minimum absolute atomic E-state index is 0.0557. The number of ether oxygens (including phenoxy) is 1. The Morgan fingerprint density at radius 3 is 2.90 bits per heavy atom. The summed E-state index contributed by atoms with van der Waals surface area (Å²) in [6.07, 6.45) is 5.71. The van der Waals surface area contributed by atoms with Crippen molar-refractivity contribution < 1.29 is 14.6 Å². The molecule has 1 heterocycles. The second-order valence-electron chi connectivity index (χ2n) is 5.52. The number of thioether (sulfide) groups is 1. The van der Waals surface area contributed by atoms with Gasteiger partial charge in [0.2, 0.25) is 0 Å². The van der Waals surface area contributed by atoms with E-state index in [0.29, 0.717) is 5.92 Å². The molecule has 0 amide bonds. The molecule has 2 rings (SSSR count). The Bertz CT molecular complexity index is 472. The molecule has 21 heavy (non-hydrogen) atoms. The number of carboxylic acid groups (broad SMARTS) is 1. The Balaban J connectivity index is 1.74.